The monoisotopic (exact) mass is 253 g/mol. The first-order chi connectivity index (χ1) is 8.71. The van der Waals surface area contributed by atoms with Crippen LogP contribution in [0.1, 0.15) is 33.0 Å². The van der Waals surface area contributed by atoms with Crippen LogP contribution in [0.5, 0.6) is 0 Å². The van der Waals surface area contributed by atoms with E-state index in [4.69, 9.17) is 4.74 Å². The molecule has 18 heavy (non-hydrogen) atoms. The highest BCUT2D eigenvalue weighted by molar-refractivity contribution is 4.95. The van der Waals surface area contributed by atoms with Gasteiger partial charge in [-0.3, -0.25) is 0 Å². The van der Waals surface area contributed by atoms with Crippen molar-refractivity contribution < 1.29 is 4.74 Å². The highest BCUT2D eigenvalue weighted by Crippen LogP contribution is 2.11. The summed E-state index contributed by atoms with van der Waals surface area (Å²) < 4.78 is 7.43. The Morgan fingerprint density at radius 3 is 2.83 bits per heavy atom. The summed E-state index contributed by atoms with van der Waals surface area (Å²) in [5.41, 5.74) is 0. The van der Waals surface area contributed by atoms with Crippen LogP contribution in [0.25, 0.3) is 0 Å². The Kier molecular flexibility index (Phi) is 6.98. The van der Waals surface area contributed by atoms with E-state index >= 15 is 0 Å². The van der Waals surface area contributed by atoms with Gasteiger partial charge in [0.2, 0.25) is 0 Å². The first-order valence-corrected chi connectivity index (χ1v) is 6.93. The van der Waals surface area contributed by atoms with Gasteiger partial charge in [-0.2, -0.15) is 0 Å². The van der Waals surface area contributed by atoms with E-state index in [1.807, 2.05) is 6.20 Å². The molecule has 0 aromatic carbocycles. The summed E-state index contributed by atoms with van der Waals surface area (Å²) >= 11 is 0. The molecule has 0 saturated heterocycles. The molecule has 104 valence electrons. The van der Waals surface area contributed by atoms with Crippen LogP contribution in [-0.4, -0.2) is 35.9 Å². The molecule has 2 unspecified atom stereocenters. The minimum atomic E-state index is 0.479. The van der Waals surface area contributed by atoms with Crippen LogP contribution in [0.3, 0.4) is 0 Å². The van der Waals surface area contributed by atoms with Crippen LogP contribution in [0, 0.1) is 5.92 Å². The van der Waals surface area contributed by atoms with E-state index in [2.05, 4.69) is 41.8 Å². The summed E-state index contributed by atoms with van der Waals surface area (Å²) in [6, 6.07) is 0.479. The Morgan fingerprint density at radius 1 is 1.44 bits per heavy atom. The standard InChI is InChI=1S/C14H27N3O/c1-5-15-13(9-12(3)11-18-4)10-14-16-7-8-17(14)6-2/h7-8,12-13,15H,5-6,9-11H2,1-4H3. The zero-order chi connectivity index (χ0) is 13.4. The van der Waals surface area contributed by atoms with Crippen molar-refractivity contribution in [1.82, 2.24) is 14.9 Å². The van der Waals surface area contributed by atoms with E-state index in [0.29, 0.717) is 12.0 Å². The van der Waals surface area contributed by atoms with Gasteiger partial charge in [0.05, 0.1) is 0 Å². The van der Waals surface area contributed by atoms with Crippen molar-refractivity contribution in [2.75, 3.05) is 20.3 Å². The van der Waals surface area contributed by atoms with Crippen molar-refractivity contribution in [1.29, 1.82) is 0 Å². The van der Waals surface area contributed by atoms with Gasteiger partial charge in [-0.05, 0) is 25.8 Å². The zero-order valence-corrected chi connectivity index (χ0v) is 12.1. The van der Waals surface area contributed by atoms with Crippen LogP contribution < -0.4 is 5.32 Å². The molecule has 1 aromatic rings. The number of aryl methyl sites for hydroxylation is 1. The molecule has 4 nitrogen and oxygen atoms in total. The van der Waals surface area contributed by atoms with E-state index in [0.717, 1.165) is 32.5 Å². The summed E-state index contributed by atoms with van der Waals surface area (Å²) in [4.78, 5) is 4.45. The molecule has 1 rings (SSSR count). The Hall–Kier alpha value is -0.870. The van der Waals surface area contributed by atoms with E-state index in [1.54, 1.807) is 7.11 Å². The summed E-state index contributed by atoms with van der Waals surface area (Å²) in [7, 11) is 1.77. The minimum absolute atomic E-state index is 0.479. The van der Waals surface area contributed by atoms with Crippen molar-refractivity contribution in [3.05, 3.63) is 18.2 Å². The molecule has 2 atom stereocenters. The maximum absolute atomic E-state index is 5.21. The van der Waals surface area contributed by atoms with Gasteiger partial charge in [0, 0.05) is 45.1 Å². The lowest BCUT2D eigenvalue weighted by Crippen LogP contribution is -2.34. The predicted molar refractivity (Wildman–Crippen MR) is 74.7 cm³/mol. The maximum Gasteiger partial charge on any atom is 0.110 e. The van der Waals surface area contributed by atoms with Crippen LogP contribution in [0.15, 0.2) is 12.4 Å². The van der Waals surface area contributed by atoms with Crippen molar-refractivity contribution in [3.8, 4) is 0 Å². The second-order valence-corrected chi connectivity index (χ2v) is 4.88. The molecule has 0 aliphatic carbocycles. The number of aromatic nitrogens is 2. The Bertz CT molecular complexity index is 325. The van der Waals surface area contributed by atoms with Crippen molar-refractivity contribution in [2.45, 2.75) is 46.2 Å². The summed E-state index contributed by atoms with van der Waals surface area (Å²) in [5, 5.41) is 3.55. The van der Waals surface area contributed by atoms with Gasteiger partial charge in [-0.15, -0.1) is 0 Å². The molecule has 0 saturated carbocycles. The average molecular weight is 253 g/mol. The van der Waals surface area contributed by atoms with Gasteiger partial charge in [0.15, 0.2) is 0 Å². The second-order valence-electron chi connectivity index (χ2n) is 4.88. The Balaban J connectivity index is 2.56. The largest absolute Gasteiger partial charge is 0.384 e. The first kappa shape index (κ1) is 15.2. The topological polar surface area (TPSA) is 39.1 Å². The molecular formula is C14H27N3O. The van der Waals surface area contributed by atoms with Gasteiger partial charge >= 0.3 is 0 Å². The van der Waals surface area contributed by atoms with E-state index in [-0.39, 0.29) is 0 Å². The SMILES string of the molecule is CCNC(Cc1nccn1CC)CC(C)COC. The number of ether oxygens (including phenoxy) is 1. The molecule has 4 heteroatoms. The normalized spacial score (nSPS) is 14.7. The number of imidazole rings is 1. The molecule has 0 fully saturated rings. The van der Waals surface area contributed by atoms with Crippen LogP contribution >= 0.6 is 0 Å². The zero-order valence-electron chi connectivity index (χ0n) is 12.1. The van der Waals surface area contributed by atoms with E-state index < -0.39 is 0 Å². The predicted octanol–water partition coefficient (Wildman–Crippen LogP) is 2.10. The number of hydrogen-bond donors (Lipinski definition) is 1. The number of likely N-dealkylation sites (N-methyl/N-ethyl adjacent to an activating group) is 1. The highest BCUT2D eigenvalue weighted by atomic mass is 16.5. The lowest BCUT2D eigenvalue weighted by atomic mass is 9.99. The third-order valence-electron chi connectivity index (χ3n) is 3.20. The molecule has 0 aliphatic heterocycles. The number of nitrogens with zero attached hydrogens (tertiary/aromatic N) is 2. The fraction of sp³-hybridized carbons (Fsp3) is 0.786. The van der Waals surface area contributed by atoms with Crippen LogP contribution in [0.2, 0.25) is 0 Å². The van der Waals surface area contributed by atoms with Crippen LogP contribution in [0.4, 0.5) is 0 Å². The van der Waals surface area contributed by atoms with E-state index in [1.165, 1.54) is 5.82 Å². The van der Waals surface area contributed by atoms with Gasteiger partial charge in [0.25, 0.3) is 0 Å². The lowest BCUT2D eigenvalue weighted by molar-refractivity contribution is 0.149. The van der Waals surface area contributed by atoms with Gasteiger partial charge in [-0.1, -0.05) is 13.8 Å². The van der Waals surface area contributed by atoms with Crippen molar-refractivity contribution >= 4 is 0 Å². The number of methoxy groups -OCH3 is 1. The summed E-state index contributed by atoms with van der Waals surface area (Å²) in [5.74, 6) is 1.75. The second kappa shape index (κ2) is 8.27. The van der Waals surface area contributed by atoms with Gasteiger partial charge in [0.1, 0.15) is 5.82 Å². The Morgan fingerprint density at radius 2 is 2.22 bits per heavy atom. The molecule has 0 aliphatic rings. The van der Waals surface area contributed by atoms with Crippen molar-refractivity contribution in [3.63, 3.8) is 0 Å². The fourth-order valence-corrected chi connectivity index (χ4v) is 2.40. The molecule has 0 radical (unpaired) electrons. The van der Waals surface area contributed by atoms with Crippen LogP contribution in [-0.2, 0) is 17.7 Å². The third-order valence-corrected chi connectivity index (χ3v) is 3.20. The Labute approximate surface area is 111 Å². The molecule has 0 amide bonds. The number of hydrogen-bond acceptors (Lipinski definition) is 3. The summed E-state index contributed by atoms with van der Waals surface area (Å²) in [6.07, 6.45) is 6.05. The molecule has 1 aromatic heterocycles. The lowest BCUT2D eigenvalue weighted by Gasteiger charge is -2.21. The third kappa shape index (κ3) is 4.78. The molecule has 1 heterocycles. The van der Waals surface area contributed by atoms with Gasteiger partial charge in [-0.25, -0.2) is 4.98 Å². The molecule has 0 spiro atoms. The van der Waals surface area contributed by atoms with Gasteiger partial charge < -0.3 is 14.6 Å². The summed E-state index contributed by atoms with van der Waals surface area (Å²) in [6.45, 7) is 9.35. The molecule has 1 N–H and O–H groups in total. The van der Waals surface area contributed by atoms with E-state index in [9.17, 15) is 0 Å². The number of nitrogens with one attached hydrogen (secondary N) is 1. The smallest absolute Gasteiger partial charge is 0.110 e. The highest BCUT2D eigenvalue weighted by Gasteiger charge is 2.15. The minimum Gasteiger partial charge on any atom is -0.384 e. The quantitative estimate of drug-likeness (QED) is 0.732. The fourth-order valence-electron chi connectivity index (χ4n) is 2.40. The number of rotatable bonds is 9. The molecule has 0 bridgehead atoms. The van der Waals surface area contributed by atoms with Crippen molar-refractivity contribution in [2.24, 2.45) is 5.92 Å². The average Bonchev–Trinajstić information content (AvgIpc) is 2.76. The maximum atomic E-state index is 5.21. The molecular weight excluding hydrogens is 226 g/mol. The first-order valence-electron chi connectivity index (χ1n) is 6.93.